The molecule has 2 heterocycles. The third-order valence-corrected chi connectivity index (χ3v) is 15.4. The second kappa shape index (κ2) is 11.9. The lowest BCUT2D eigenvalue weighted by Gasteiger charge is -2.35. The molecule has 10 aromatic rings. The minimum atomic E-state index is -2.82. The summed E-state index contributed by atoms with van der Waals surface area (Å²) in [5, 5.41) is 10.5. The van der Waals surface area contributed by atoms with Gasteiger partial charge in [-0.2, -0.15) is 0 Å². The van der Waals surface area contributed by atoms with E-state index in [9.17, 15) is 0 Å². The molecule has 0 radical (unpaired) electrons. The van der Waals surface area contributed by atoms with Crippen molar-refractivity contribution < 1.29 is 0 Å². The van der Waals surface area contributed by atoms with Gasteiger partial charge in [-0.1, -0.05) is 158 Å². The van der Waals surface area contributed by atoms with E-state index in [-0.39, 0.29) is 0 Å². The molecule has 2 nitrogen and oxygen atoms in total. The van der Waals surface area contributed by atoms with Crippen molar-refractivity contribution in [1.82, 2.24) is 9.13 Å². The number of para-hydroxylation sites is 4. The molecule has 8 aromatic carbocycles. The number of benzene rings is 8. The first-order valence-corrected chi connectivity index (χ1v) is 19.6. The molecule has 0 aliphatic heterocycles. The fourth-order valence-electron chi connectivity index (χ4n) is 8.52. The van der Waals surface area contributed by atoms with E-state index in [1.807, 2.05) is 0 Å². The van der Waals surface area contributed by atoms with E-state index in [4.69, 9.17) is 0 Å². The summed E-state index contributed by atoms with van der Waals surface area (Å²) >= 11 is 0. The van der Waals surface area contributed by atoms with Crippen LogP contribution in [0.4, 0.5) is 0 Å². The summed E-state index contributed by atoms with van der Waals surface area (Å²) < 4.78 is 4.85. The Morgan fingerprint density at radius 3 is 1.06 bits per heavy atom. The Morgan fingerprint density at radius 2 is 0.608 bits per heavy atom. The van der Waals surface area contributed by atoms with E-state index >= 15 is 0 Å². The van der Waals surface area contributed by atoms with Crippen LogP contribution in [0.2, 0.25) is 0 Å². The van der Waals surface area contributed by atoms with Crippen molar-refractivity contribution in [2.24, 2.45) is 0 Å². The molecule has 0 N–H and O–H groups in total. The van der Waals surface area contributed by atoms with Gasteiger partial charge in [0.2, 0.25) is 0 Å². The predicted octanol–water partition coefficient (Wildman–Crippen LogP) is 9.26. The molecule has 0 saturated carbocycles. The van der Waals surface area contributed by atoms with E-state index in [1.165, 1.54) is 75.7 Å². The Morgan fingerprint density at radius 1 is 0.255 bits per heavy atom. The second-order valence-corrected chi connectivity index (χ2v) is 17.1. The van der Waals surface area contributed by atoms with Gasteiger partial charge in [0, 0.05) is 32.9 Å². The van der Waals surface area contributed by atoms with Crippen LogP contribution < -0.4 is 20.7 Å². The summed E-state index contributed by atoms with van der Waals surface area (Å²) in [4.78, 5) is 0. The maximum absolute atomic E-state index is 2.82. The molecule has 0 unspecified atom stereocenters. The normalized spacial score (nSPS) is 11.9. The number of aromatic nitrogens is 2. The van der Waals surface area contributed by atoms with Gasteiger partial charge in [-0.25, -0.2) is 0 Å². The monoisotopic (exact) mass is 666 g/mol. The third-order valence-electron chi connectivity index (χ3n) is 10.7. The Labute approximate surface area is 298 Å². The molecule has 51 heavy (non-hydrogen) atoms. The quantitative estimate of drug-likeness (QED) is 0.124. The number of rotatable bonds is 6. The van der Waals surface area contributed by atoms with Crippen LogP contribution in [-0.4, -0.2) is 17.2 Å². The van der Waals surface area contributed by atoms with Crippen molar-refractivity contribution in [2.75, 3.05) is 0 Å². The first kappa shape index (κ1) is 29.5. The lowest BCUT2D eigenvalue weighted by Crippen LogP contribution is -2.74. The lowest BCUT2D eigenvalue weighted by molar-refractivity contribution is 1.18. The number of hydrogen-bond acceptors (Lipinski definition) is 0. The summed E-state index contributed by atoms with van der Waals surface area (Å²) in [5.74, 6) is 0. The first-order valence-electron chi connectivity index (χ1n) is 17.6. The van der Waals surface area contributed by atoms with E-state index in [1.54, 1.807) is 0 Å². The SMILES string of the molecule is c1ccc([Si](c2ccccc2)(c2ccc(-n3c4ccccc4c4ccccc43)cc2)c2cccc(-n3c4ccccc4c4ccccc43)c2)cc1. The smallest absolute Gasteiger partial charge is 0.179 e. The Hall–Kier alpha value is -6.42. The van der Waals surface area contributed by atoms with Gasteiger partial charge in [-0.05, 0) is 69.3 Å². The van der Waals surface area contributed by atoms with Gasteiger partial charge < -0.3 is 9.13 Å². The minimum absolute atomic E-state index is 1.17. The Kier molecular flexibility index (Phi) is 6.86. The second-order valence-electron chi connectivity index (χ2n) is 13.3. The predicted molar refractivity (Wildman–Crippen MR) is 219 cm³/mol. The average molecular weight is 667 g/mol. The molecular weight excluding hydrogens is 633 g/mol. The fourth-order valence-corrected chi connectivity index (χ4v) is 13.3. The van der Waals surface area contributed by atoms with Crippen LogP contribution in [-0.2, 0) is 0 Å². The molecule has 240 valence electrons. The highest BCUT2D eigenvalue weighted by atomic mass is 28.3. The summed E-state index contributed by atoms with van der Waals surface area (Å²) in [5.41, 5.74) is 7.23. The molecule has 0 amide bonds. The molecule has 0 saturated heterocycles. The van der Waals surface area contributed by atoms with Gasteiger partial charge in [0.1, 0.15) is 0 Å². The topological polar surface area (TPSA) is 9.86 Å². The average Bonchev–Trinajstić information content (AvgIpc) is 3.73. The molecule has 0 spiro atoms. The molecule has 0 fully saturated rings. The highest BCUT2D eigenvalue weighted by Gasteiger charge is 2.41. The van der Waals surface area contributed by atoms with Crippen LogP contribution in [0.25, 0.3) is 55.0 Å². The maximum Gasteiger partial charge on any atom is 0.179 e. The zero-order chi connectivity index (χ0) is 33.8. The molecule has 0 aliphatic rings. The van der Waals surface area contributed by atoms with Crippen LogP contribution in [0.5, 0.6) is 0 Å². The van der Waals surface area contributed by atoms with Crippen LogP contribution >= 0.6 is 0 Å². The molecule has 0 aliphatic carbocycles. The van der Waals surface area contributed by atoms with Crippen molar-refractivity contribution in [3.05, 3.63) is 206 Å². The molecule has 0 atom stereocenters. The Bertz CT molecular complexity index is 2700. The largest absolute Gasteiger partial charge is 0.309 e. The van der Waals surface area contributed by atoms with Crippen molar-refractivity contribution in [2.45, 2.75) is 0 Å². The van der Waals surface area contributed by atoms with E-state index in [0.29, 0.717) is 0 Å². The number of nitrogens with zero attached hydrogens (tertiary/aromatic N) is 2. The number of hydrogen-bond donors (Lipinski definition) is 0. The van der Waals surface area contributed by atoms with Crippen molar-refractivity contribution in [3.8, 4) is 11.4 Å². The molecular formula is C48H34N2Si. The van der Waals surface area contributed by atoms with Gasteiger partial charge in [0.05, 0.1) is 22.1 Å². The molecule has 2 aromatic heterocycles. The highest BCUT2D eigenvalue weighted by Crippen LogP contribution is 2.33. The zero-order valence-electron chi connectivity index (χ0n) is 28.0. The molecule has 3 heteroatoms. The minimum Gasteiger partial charge on any atom is -0.309 e. The van der Waals surface area contributed by atoms with Crippen molar-refractivity contribution in [1.29, 1.82) is 0 Å². The molecule has 10 rings (SSSR count). The summed E-state index contributed by atoms with van der Waals surface area (Å²) in [6, 6.07) is 76.3. The standard InChI is InChI=1S/C48H34N2Si/c1-3-17-37(18-4-1)51(38-19-5-2-6-20-38,39-32-30-35(31-33-39)49-45-26-11-7-22-41(45)42-23-8-12-27-46(42)49)40-21-15-16-36(34-40)50-47-28-13-9-24-43(47)44-25-10-14-29-48(44)50/h1-34H. The van der Waals surface area contributed by atoms with Crippen molar-refractivity contribution in [3.63, 3.8) is 0 Å². The van der Waals surface area contributed by atoms with Gasteiger partial charge in [0.25, 0.3) is 0 Å². The lowest BCUT2D eigenvalue weighted by atomic mass is 10.2. The van der Waals surface area contributed by atoms with Crippen LogP contribution in [0.3, 0.4) is 0 Å². The van der Waals surface area contributed by atoms with E-state index in [2.05, 4.69) is 215 Å². The number of fused-ring (bicyclic) bond motifs is 6. The van der Waals surface area contributed by atoms with Gasteiger partial charge >= 0.3 is 0 Å². The summed E-state index contributed by atoms with van der Waals surface area (Å²) in [6.45, 7) is 0. The van der Waals surface area contributed by atoms with Gasteiger partial charge in [0.15, 0.2) is 8.07 Å². The Balaban J connectivity index is 1.24. The van der Waals surface area contributed by atoms with Crippen LogP contribution in [0, 0.1) is 0 Å². The van der Waals surface area contributed by atoms with E-state index < -0.39 is 8.07 Å². The first-order chi connectivity index (χ1) is 25.3. The van der Waals surface area contributed by atoms with Crippen LogP contribution in [0.1, 0.15) is 0 Å². The molecule has 0 bridgehead atoms. The fraction of sp³-hybridized carbons (Fsp3) is 0. The maximum atomic E-state index is 2.46. The van der Waals surface area contributed by atoms with Gasteiger partial charge in [-0.15, -0.1) is 0 Å². The van der Waals surface area contributed by atoms with E-state index in [0.717, 1.165) is 0 Å². The van der Waals surface area contributed by atoms with Gasteiger partial charge in [-0.3, -0.25) is 0 Å². The highest BCUT2D eigenvalue weighted by molar-refractivity contribution is 7.19. The zero-order valence-corrected chi connectivity index (χ0v) is 29.0. The van der Waals surface area contributed by atoms with Crippen molar-refractivity contribution >= 4 is 72.4 Å². The summed E-state index contributed by atoms with van der Waals surface area (Å²) in [6.07, 6.45) is 0. The summed E-state index contributed by atoms with van der Waals surface area (Å²) in [7, 11) is -2.82. The van der Waals surface area contributed by atoms with Crippen LogP contribution in [0.15, 0.2) is 206 Å². The third kappa shape index (κ3) is 4.49.